The van der Waals surface area contributed by atoms with E-state index in [9.17, 15) is 0 Å². The Morgan fingerprint density at radius 1 is 0.298 bits per heavy atom. The van der Waals surface area contributed by atoms with Gasteiger partial charge in [-0.15, -0.1) is 0 Å². The van der Waals surface area contributed by atoms with Crippen LogP contribution in [0.15, 0.2) is 199 Å². The molecule has 0 N–H and O–H groups in total. The fourth-order valence-electron chi connectivity index (χ4n) is 9.98. The zero-order valence-electron chi connectivity index (χ0n) is 30.8. The van der Waals surface area contributed by atoms with E-state index in [4.69, 9.17) is 4.42 Å². The third-order valence-corrected chi connectivity index (χ3v) is 12.2. The van der Waals surface area contributed by atoms with Gasteiger partial charge >= 0.3 is 0 Å². The quantitative estimate of drug-likeness (QED) is 0.177. The average Bonchev–Trinajstić information content (AvgIpc) is 3.94. The van der Waals surface area contributed by atoms with E-state index in [1.807, 2.05) is 6.07 Å². The van der Waals surface area contributed by atoms with Gasteiger partial charge in [0.05, 0.1) is 22.1 Å². The zero-order valence-corrected chi connectivity index (χ0v) is 30.8. The molecule has 0 bridgehead atoms. The molecule has 0 aliphatic heterocycles. The normalized spacial score (nSPS) is 12.2. The minimum absolute atomic E-state index is 0.900. The van der Waals surface area contributed by atoms with Gasteiger partial charge in [0.25, 0.3) is 0 Å². The second-order valence-corrected chi connectivity index (χ2v) is 15.2. The lowest BCUT2D eigenvalue weighted by molar-refractivity contribution is 0.669. The van der Waals surface area contributed by atoms with Crippen LogP contribution in [0.3, 0.4) is 0 Å². The third kappa shape index (κ3) is 4.15. The lowest BCUT2D eigenvalue weighted by atomic mass is 9.92. The Bertz CT molecular complexity index is 3730. The molecule has 57 heavy (non-hydrogen) atoms. The number of benzene rings is 9. The summed E-state index contributed by atoms with van der Waals surface area (Å²) >= 11 is 0. The number of nitrogens with zero attached hydrogens (tertiary/aromatic N) is 2. The highest BCUT2D eigenvalue weighted by Gasteiger charge is 2.27. The highest BCUT2D eigenvalue weighted by atomic mass is 16.3. The van der Waals surface area contributed by atoms with E-state index in [2.05, 4.69) is 197 Å². The average molecular weight is 725 g/mol. The standard InChI is InChI=1S/C54H32N2O/c1-3-15-33(16-4-1)43-32-46-52-50-40(25-12-27-44(50)55(46)35-18-5-2-6-19-35)38-21-7-8-22-39(38)41-26-13-28-45-51(41)53(52)54(43)56(45)36-20-11-17-34(31-36)37-24-14-30-48-49(37)42-23-9-10-29-47(42)57-48/h1-32H. The van der Waals surface area contributed by atoms with Crippen LogP contribution in [0.25, 0.3) is 121 Å². The van der Waals surface area contributed by atoms with Crippen LogP contribution in [0.5, 0.6) is 0 Å². The Labute approximate surface area is 327 Å². The van der Waals surface area contributed by atoms with Gasteiger partial charge in [-0.1, -0.05) is 140 Å². The van der Waals surface area contributed by atoms with Crippen molar-refractivity contribution < 1.29 is 4.42 Å². The Hall–Kier alpha value is -7.62. The van der Waals surface area contributed by atoms with Crippen LogP contribution < -0.4 is 0 Å². The molecule has 264 valence electrons. The molecule has 0 aliphatic rings. The second-order valence-electron chi connectivity index (χ2n) is 15.2. The monoisotopic (exact) mass is 724 g/mol. The summed E-state index contributed by atoms with van der Waals surface area (Å²) in [5.74, 6) is 0. The molecule has 3 nitrogen and oxygen atoms in total. The van der Waals surface area contributed by atoms with Crippen molar-refractivity contribution >= 4 is 87.1 Å². The van der Waals surface area contributed by atoms with Gasteiger partial charge in [0.15, 0.2) is 0 Å². The highest BCUT2D eigenvalue weighted by molar-refractivity contribution is 6.40. The van der Waals surface area contributed by atoms with Crippen molar-refractivity contribution in [3.8, 4) is 33.6 Å². The summed E-state index contributed by atoms with van der Waals surface area (Å²) in [5, 5.41) is 12.4. The molecule has 0 radical (unpaired) electrons. The van der Waals surface area contributed by atoms with Gasteiger partial charge in [0, 0.05) is 49.3 Å². The van der Waals surface area contributed by atoms with Crippen LogP contribution in [-0.2, 0) is 0 Å². The number of furan rings is 1. The van der Waals surface area contributed by atoms with Crippen molar-refractivity contribution in [3.63, 3.8) is 0 Å². The summed E-state index contributed by atoms with van der Waals surface area (Å²) in [6, 6.07) is 70.8. The Morgan fingerprint density at radius 2 is 0.860 bits per heavy atom. The van der Waals surface area contributed by atoms with Crippen LogP contribution in [0.2, 0.25) is 0 Å². The first-order valence-corrected chi connectivity index (χ1v) is 19.6. The van der Waals surface area contributed by atoms with Crippen LogP contribution >= 0.6 is 0 Å². The molecule has 13 aromatic rings. The van der Waals surface area contributed by atoms with Gasteiger partial charge in [0.1, 0.15) is 11.2 Å². The first kappa shape index (κ1) is 30.7. The Morgan fingerprint density at radius 3 is 1.63 bits per heavy atom. The fourth-order valence-corrected chi connectivity index (χ4v) is 9.98. The summed E-state index contributed by atoms with van der Waals surface area (Å²) < 4.78 is 11.4. The predicted molar refractivity (Wildman–Crippen MR) is 239 cm³/mol. The van der Waals surface area contributed by atoms with Crippen molar-refractivity contribution in [2.75, 3.05) is 0 Å². The van der Waals surface area contributed by atoms with E-state index in [1.165, 1.54) is 76.3 Å². The van der Waals surface area contributed by atoms with Crippen LogP contribution in [-0.4, -0.2) is 9.13 Å². The lowest BCUT2D eigenvalue weighted by Gasteiger charge is -2.15. The third-order valence-electron chi connectivity index (χ3n) is 12.2. The summed E-state index contributed by atoms with van der Waals surface area (Å²) in [7, 11) is 0. The summed E-state index contributed by atoms with van der Waals surface area (Å²) in [5.41, 5.74) is 13.6. The van der Waals surface area contributed by atoms with Crippen molar-refractivity contribution in [1.29, 1.82) is 0 Å². The fraction of sp³-hybridized carbons (Fsp3) is 0. The molecule has 0 aliphatic carbocycles. The van der Waals surface area contributed by atoms with Gasteiger partial charge in [-0.25, -0.2) is 0 Å². The maximum atomic E-state index is 6.36. The van der Waals surface area contributed by atoms with Gasteiger partial charge in [-0.3, -0.25) is 0 Å². The Balaban J connectivity index is 1.26. The maximum absolute atomic E-state index is 6.36. The van der Waals surface area contributed by atoms with Gasteiger partial charge < -0.3 is 13.6 Å². The zero-order chi connectivity index (χ0) is 37.2. The molecule has 0 fully saturated rings. The number of para-hydroxylation sites is 2. The SMILES string of the molecule is c1ccc(-c2cc3c4c5c(cccc5n3-c3ccccc3)c3ccccc3c3cccc5c3c4c2n5-c2cccc(-c3cccc4oc5ccccc5c34)c2)cc1. The number of hydrogen-bond donors (Lipinski definition) is 0. The molecular weight excluding hydrogens is 693 g/mol. The molecular formula is C54H32N2O. The topological polar surface area (TPSA) is 23.0 Å². The number of rotatable bonds is 4. The van der Waals surface area contributed by atoms with Crippen molar-refractivity contribution in [3.05, 3.63) is 194 Å². The van der Waals surface area contributed by atoms with Gasteiger partial charge in [-0.2, -0.15) is 0 Å². The van der Waals surface area contributed by atoms with Crippen LogP contribution in [0.4, 0.5) is 0 Å². The number of hydrogen-bond acceptors (Lipinski definition) is 1. The van der Waals surface area contributed by atoms with E-state index in [0.717, 1.165) is 44.4 Å². The molecule has 0 amide bonds. The minimum atomic E-state index is 0.900. The minimum Gasteiger partial charge on any atom is -0.456 e. The maximum Gasteiger partial charge on any atom is 0.136 e. The molecule has 0 spiro atoms. The molecule has 0 saturated carbocycles. The predicted octanol–water partition coefficient (Wildman–Crippen LogP) is 14.9. The van der Waals surface area contributed by atoms with Crippen molar-refractivity contribution in [2.45, 2.75) is 0 Å². The van der Waals surface area contributed by atoms with Crippen LogP contribution in [0.1, 0.15) is 0 Å². The molecule has 3 aromatic heterocycles. The molecule has 13 rings (SSSR count). The molecule has 0 unspecified atom stereocenters. The van der Waals surface area contributed by atoms with Gasteiger partial charge in [-0.05, 0) is 92.8 Å². The smallest absolute Gasteiger partial charge is 0.136 e. The van der Waals surface area contributed by atoms with E-state index in [-0.39, 0.29) is 0 Å². The van der Waals surface area contributed by atoms with Crippen molar-refractivity contribution in [1.82, 2.24) is 9.13 Å². The first-order chi connectivity index (χ1) is 28.3. The second kappa shape index (κ2) is 11.5. The summed E-state index contributed by atoms with van der Waals surface area (Å²) in [6.45, 7) is 0. The summed E-state index contributed by atoms with van der Waals surface area (Å²) in [6.07, 6.45) is 0. The largest absolute Gasteiger partial charge is 0.456 e. The molecule has 0 atom stereocenters. The van der Waals surface area contributed by atoms with E-state index >= 15 is 0 Å². The van der Waals surface area contributed by atoms with Crippen LogP contribution in [0, 0.1) is 0 Å². The lowest BCUT2D eigenvalue weighted by Crippen LogP contribution is -1.97. The van der Waals surface area contributed by atoms with E-state index < -0.39 is 0 Å². The van der Waals surface area contributed by atoms with E-state index in [1.54, 1.807) is 0 Å². The van der Waals surface area contributed by atoms with E-state index in [0.29, 0.717) is 0 Å². The molecule has 3 heterocycles. The molecule has 0 saturated heterocycles. The highest BCUT2D eigenvalue weighted by Crippen LogP contribution is 2.50. The number of fused-ring (bicyclic) bond motifs is 6. The first-order valence-electron chi connectivity index (χ1n) is 19.6. The Kier molecular flexibility index (Phi) is 6.16. The van der Waals surface area contributed by atoms with Crippen molar-refractivity contribution in [2.24, 2.45) is 0 Å². The number of aromatic nitrogens is 2. The summed E-state index contributed by atoms with van der Waals surface area (Å²) in [4.78, 5) is 0. The molecule has 10 aromatic carbocycles. The molecule has 3 heteroatoms. The van der Waals surface area contributed by atoms with Gasteiger partial charge in [0.2, 0.25) is 0 Å².